The van der Waals surface area contributed by atoms with Gasteiger partial charge in [-0.1, -0.05) is 25.1 Å². The standard InChI is InChI=1S/C16H19N3O5S/c1-11(2)16-10-14(17-24-16)15-7-4-8-18(15)25(22,23)13-6-3-5-12(9-13)19(20)21/h3,5-6,9-11,15H,4,7-8H2,1-2H3. The zero-order valence-corrected chi connectivity index (χ0v) is 14.8. The Kier molecular flexibility index (Phi) is 4.61. The molecule has 9 heteroatoms. The number of non-ortho nitro benzene ring substituents is 1. The normalized spacial score (nSPS) is 18.8. The average molecular weight is 365 g/mol. The Morgan fingerprint density at radius 2 is 2.12 bits per heavy atom. The van der Waals surface area contributed by atoms with Gasteiger partial charge in [0.2, 0.25) is 10.0 Å². The van der Waals surface area contributed by atoms with Gasteiger partial charge in [0.15, 0.2) is 0 Å². The van der Waals surface area contributed by atoms with Gasteiger partial charge in [-0.3, -0.25) is 10.1 Å². The quantitative estimate of drug-likeness (QED) is 0.595. The number of nitrogens with zero attached hydrogens (tertiary/aromatic N) is 3. The van der Waals surface area contributed by atoms with Gasteiger partial charge in [0.25, 0.3) is 5.69 Å². The van der Waals surface area contributed by atoms with Gasteiger partial charge in [-0.15, -0.1) is 0 Å². The van der Waals surface area contributed by atoms with E-state index in [1.54, 1.807) is 6.07 Å². The minimum atomic E-state index is -3.86. The van der Waals surface area contributed by atoms with Crippen LogP contribution in [-0.4, -0.2) is 29.3 Å². The number of hydrogen-bond acceptors (Lipinski definition) is 6. The van der Waals surface area contributed by atoms with E-state index in [0.29, 0.717) is 30.8 Å². The van der Waals surface area contributed by atoms with Gasteiger partial charge in [0.1, 0.15) is 11.5 Å². The van der Waals surface area contributed by atoms with Crippen LogP contribution < -0.4 is 0 Å². The Hall–Kier alpha value is -2.26. The van der Waals surface area contributed by atoms with Crippen LogP contribution in [0.2, 0.25) is 0 Å². The molecule has 2 heterocycles. The molecular formula is C16H19N3O5S. The molecule has 2 aromatic rings. The molecule has 3 rings (SSSR count). The molecule has 1 aromatic heterocycles. The van der Waals surface area contributed by atoms with E-state index in [1.165, 1.54) is 22.5 Å². The first-order valence-electron chi connectivity index (χ1n) is 8.03. The van der Waals surface area contributed by atoms with Crippen molar-refractivity contribution < 1.29 is 17.9 Å². The Morgan fingerprint density at radius 1 is 1.36 bits per heavy atom. The molecule has 1 aliphatic rings. The van der Waals surface area contributed by atoms with Gasteiger partial charge < -0.3 is 4.52 Å². The third-order valence-electron chi connectivity index (χ3n) is 4.30. The van der Waals surface area contributed by atoms with E-state index in [0.717, 1.165) is 6.07 Å². The molecule has 134 valence electrons. The largest absolute Gasteiger partial charge is 0.361 e. The zero-order valence-electron chi connectivity index (χ0n) is 14.0. The second kappa shape index (κ2) is 6.57. The molecule has 1 fully saturated rings. The minimum absolute atomic E-state index is 0.0822. The van der Waals surface area contributed by atoms with E-state index in [1.807, 2.05) is 13.8 Å². The maximum atomic E-state index is 13.0. The summed E-state index contributed by atoms with van der Waals surface area (Å²) in [4.78, 5) is 10.2. The van der Waals surface area contributed by atoms with Crippen LogP contribution in [0.5, 0.6) is 0 Å². The summed E-state index contributed by atoms with van der Waals surface area (Å²) in [6.45, 7) is 4.28. The lowest BCUT2D eigenvalue weighted by Crippen LogP contribution is -2.30. The molecule has 25 heavy (non-hydrogen) atoms. The minimum Gasteiger partial charge on any atom is -0.361 e. The number of sulfonamides is 1. The third-order valence-corrected chi connectivity index (χ3v) is 6.20. The molecule has 1 saturated heterocycles. The second-order valence-corrected chi connectivity index (χ2v) is 8.23. The second-order valence-electron chi connectivity index (χ2n) is 6.34. The van der Waals surface area contributed by atoms with E-state index in [2.05, 4.69) is 5.16 Å². The maximum Gasteiger partial charge on any atom is 0.270 e. The number of aromatic nitrogens is 1. The lowest BCUT2D eigenvalue weighted by Gasteiger charge is -2.22. The summed E-state index contributed by atoms with van der Waals surface area (Å²) in [5.74, 6) is 0.860. The molecule has 0 N–H and O–H groups in total. The highest BCUT2D eigenvalue weighted by molar-refractivity contribution is 7.89. The lowest BCUT2D eigenvalue weighted by atomic mass is 10.1. The summed E-state index contributed by atoms with van der Waals surface area (Å²) in [5.41, 5.74) is 0.329. The Labute approximate surface area is 145 Å². The van der Waals surface area contributed by atoms with Gasteiger partial charge in [-0.2, -0.15) is 4.31 Å². The van der Waals surface area contributed by atoms with Crippen molar-refractivity contribution in [2.75, 3.05) is 6.54 Å². The highest BCUT2D eigenvalue weighted by atomic mass is 32.2. The van der Waals surface area contributed by atoms with E-state index in [4.69, 9.17) is 4.52 Å². The fraction of sp³-hybridized carbons (Fsp3) is 0.438. The number of rotatable bonds is 5. The van der Waals surface area contributed by atoms with Crippen molar-refractivity contribution in [3.63, 3.8) is 0 Å². The summed E-state index contributed by atoms with van der Waals surface area (Å²) in [5, 5.41) is 15.0. The molecule has 0 aliphatic carbocycles. The van der Waals surface area contributed by atoms with Crippen molar-refractivity contribution in [2.45, 2.75) is 43.5 Å². The molecule has 8 nitrogen and oxygen atoms in total. The fourth-order valence-electron chi connectivity index (χ4n) is 2.95. The Morgan fingerprint density at radius 3 is 2.76 bits per heavy atom. The molecule has 1 atom stereocenters. The zero-order chi connectivity index (χ0) is 18.2. The summed E-state index contributed by atoms with van der Waals surface area (Å²) < 4.78 is 32.6. The van der Waals surface area contributed by atoms with Gasteiger partial charge in [-0.25, -0.2) is 8.42 Å². The predicted octanol–water partition coefficient (Wildman–Crippen LogP) is 3.23. The summed E-state index contributed by atoms with van der Waals surface area (Å²) in [6, 6.07) is 6.49. The van der Waals surface area contributed by atoms with Gasteiger partial charge >= 0.3 is 0 Å². The summed E-state index contributed by atoms with van der Waals surface area (Å²) in [6.07, 6.45) is 1.33. The van der Waals surface area contributed by atoms with Crippen molar-refractivity contribution in [1.82, 2.24) is 9.46 Å². The third kappa shape index (κ3) is 3.29. The first kappa shape index (κ1) is 17.6. The molecule has 0 radical (unpaired) electrons. The topological polar surface area (TPSA) is 107 Å². The molecule has 0 amide bonds. The summed E-state index contributed by atoms with van der Waals surface area (Å²) >= 11 is 0. The van der Waals surface area contributed by atoms with E-state index in [9.17, 15) is 18.5 Å². The molecule has 1 aliphatic heterocycles. The monoisotopic (exact) mass is 365 g/mol. The molecular weight excluding hydrogens is 346 g/mol. The van der Waals surface area contributed by atoms with Gasteiger partial charge in [0.05, 0.1) is 15.9 Å². The Bertz CT molecular complexity index is 891. The van der Waals surface area contributed by atoms with Crippen LogP contribution >= 0.6 is 0 Å². The highest BCUT2D eigenvalue weighted by Crippen LogP contribution is 2.37. The van der Waals surface area contributed by atoms with Crippen LogP contribution in [-0.2, 0) is 10.0 Å². The van der Waals surface area contributed by atoms with Crippen molar-refractivity contribution in [2.24, 2.45) is 0 Å². The molecule has 1 unspecified atom stereocenters. The van der Waals surface area contributed by atoms with E-state index >= 15 is 0 Å². The number of hydrogen-bond donors (Lipinski definition) is 0. The van der Waals surface area contributed by atoms with E-state index < -0.39 is 21.0 Å². The van der Waals surface area contributed by atoms with Crippen LogP contribution in [0.15, 0.2) is 39.8 Å². The van der Waals surface area contributed by atoms with Crippen LogP contribution in [0.25, 0.3) is 0 Å². The van der Waals surface area contributed by atoms with Gasteiger partial charge in [0, 0.05) is 30.7 Å². The van der Waals surface area contributed by atoms with Crippen molar-refractivity contribution in [1.29, 1.82) is 0 Å². The van der Waals surface area contributed by atoms with Crippen molar-refractivity contribution in [3.05, 3.63) is 51.9 Å². The molecule has 0 saturated carbocycles. The van der Waals surface area contributed by atoms with Crippen molar-refractivity contribution >= 4 is 15.7 Å². The molecule has 0 spiro atoms. The highest BCUT2D eigenvalue weighted by Gasteiger charge is 2.38. The smallest absolute Gasteiger partial charge is 0.270 e. The Balaban J connectivity index is 1.95. The fourth-order valence-corrected chi connectivity index (χ4v) is 4.66. The van der Waals surface area contributed by atoms with Crippen LogP contribution in [0.1, 0.15) is 50.1 Å². The van der Waals surface area contributed by atoms with Crippen LogP contribution in [0.3, 0.4) is 0 Å². The summed E-state index contributed by atoms with van der Waals surface area (Å²) in [7, 11) is -3.86. The molecule has 0 bridgehead atoms. The predicted molar refractivity (Wildman–Crippen MR) is 89.6 cm³/mol. The average Bonchev–Trinajstić information content (AvgIpc) is 3.24. The SMILES string of the molecule is CC(C)c1cc(C2CCCN2S(=O)(=O)c2cccc([N+](=O)[O-])c2)no1. The number of nitro groups is 1. The lowest BCUT2D eigenvalue weighted by molar-refractivity contribution is -0.385. The molecule has 1 aromatic carbocycles. The maximum absolute atomic E-state index is 13.0. The first-order chi connectivity index (χ1) is 11.8. The first-order valence-corrected chi connectivity index (χ1v) is 9.47. The number of benzene rings is 1. The van der Waals surface area contributed by atoms with Crippen molar-refractivity contribution in [3.8, 4) is 0 Å². The van der Waals surface area contributed by atoms with E-state index in [-0.39, 0.29) is 16.5 Å². The van der Waals surface area contributed by atoms with Gasteiger partial charge in [-0.05, 0) is 18.9 Å². The number of nitro benzene ring substituents is 1. The van der Waals surface area contributed by atoms with Crippen LogP contribution in [0, 0.1) is 10.1 Å². The van der Waals surface area contributed by atoms with Crippen LogP contribution in [0.4, 0.5) is 5.69 Å².